The number of aliphatic carboxylic acids is 2. The van der Waals surface area contributed by atoms with Crippen LogP contribution in [0.15, 0.2) is 60.7 Å². The van der Waals surface area contributed by atoms with Gasteiger partial charge in [0.05, 0.1) is 0 Å². The zero-order chi connectivity index (χ0) is 39.7. The molecule has 4 N–H and O–H groups in total. The van der Waals surface area contributed by atoms with E-state index in [1.807, 2.05) is 0 Å². The number of rotatable bonds is 33. The lowest BCUT2D eigenvalue weighted by atomic mass is 9.68. The molecule has 0 aromatic heterocycles. The molecule has 2 aromatic rings. The highest BCUT2D eigenvalue weighted by Gasteiger charge is 2.70. The van der Waals surface area contributed by atoms with Crippen LogP contribution in [-0.4, -0.2) is 55.1 Å². The van der Waals surface area contributed by atoms with Gasteiger partial charge in [-0.25, -0.2) is 9.59 Å². The molecule has 0 radical (unpaired) electrons. The Kier molecular flexibility index (Phi) is 22.9. The predicted octanol–water partition coefficient (Wildman–Crippen LogP) is 10.1. The Bertz CT molecular complexity index is 1240. The first-order chi connectivity index (χ1) is 26.0. The molecule has 302 valence electrons. The molecule has 8 nitrogen and oxygen atoms in total. The molecule has 0 aliphatic rings. The lowest BCUT2D eigenvalue weighted by molar-refractivity contribution is -0.210. The summed E-state index contributed by atoms with van der Waals surface area (Å²) in [6.07, 6.45) is 21.4. The molecule has 0 amide bonds. The highest BCUT2D eigenvalue weighted by atomic mass is 16.5. The Labute approximate surface area is 325 Å². The number of carboxylic acids is 2. The van der Waals surface area contributed by atoms with E-state index in [4.69, 9.17) is 0 Å². The molecule has 54 heavy (non-hydrogen) atoms. The molecule has 4 atom stereocenters. The van der Waals surface area contributed by atoms with Crippen LogP contribution in [0.3, 0.4) is 0 Å². The minimum absolute atomic E-state index is 0.0304. The molecule has 0 unspecified atom stereocenters. The van der Waals surface area contributed by atoms with Gasteiger partial charge in [-0.1, -0.05) is 203 Å². The van der Waals surface area contributed by atoms with Crippen molar-refractivity contribution in [2.75, 3.05) is 0 Å². The van der Waals surface area contributed by atoms with Crippen molar-refractivity contribution in [3.05, 3.63) is 71.8 Å². The smallest absolute Gasteiger partial charge is 0.347 e. The van der Waals surface area contributed by atoms with Crippen LogP contribution in [0.5, 0.6) is 0 Å². The Morgan fingerprint density at radius 3 is 0.963 bits per heavy atom. The molecule has 0 aliphatic heterocycles. The van der Waals surface area contributed by atoms with Crippen LogP contribution in [-0.2, 0) is 32.0 Å². The van der Waals surface area contributed by atoms with E-state index in [-0.39, 0.29) is 25.7 Å². The summed E-state index contributed by atoms with van der Waals surface area (Å²) in [6, 6.07) is 17.8. The summed E-state index contributed by atoms with van der Waals surface area (Å²) in [6.45, 7) is 4.38. The van der Waals surface area contributed by atoms with Gasteiger partial charge in [-0.05, 0) is 36.8 Å². The SMILES string of the molecule is CCCCCCCCCCCC[C@H](Cc1ccccc1)C(=O)[C@@](O)(C(=O)O)[C@](O)(C(=O)O)C(=O)[C@H](CCCCCCCCCCCC)Cc1ccccc1. The van der Waals surface area contributed by atoms with E-state index in [0.29, 0.717) is 24.0 Å². The average Bonchev–Trinajstić information content (AvgIpc) is 3.17. The predicted molar refractivity (Wildman–Crippen MR) is 215 cm³/mol. The molecule has 0 fully saturated rings. The first kappa shape index (κ1) is 46.8. The number of unbranched alkanes of at least 4 members (excludes halogenated alkanes) is 18. The molecule has 0 aliphatic carbocycles. The third kappa shape index (κ3) is 15.1. The molecular weight excluding hydrogens is 680 g/mol. The lowest BCUT2D eigenvalue weighted by Crippen LogP contribution is -2.73. The number of Topliss-reactive ketones (excluding diaryl/α,β-unsaturated/α-hetero) is 2. The maximum atomic E-state index is 14.4. The summed E-state index contributed by atoms with van der Waals surface area (Å²) < 4.78 is 0. The van der Waals surface area contributed by atoms with Crippen molar-refractivity contribution in [1.82, 2.24) is 0 Å². The van der Waals surface area contributed by atoms with Crippen molar-refractivity contribution in [1.29, 1.82) is 0 Å². The van der Waals surface area contributed by atoms with Crippen LogP contribution in [0, 0.1) is 11.8 Å². The minimum Gasteiger partial charge on any atom is -0.479 e. The van der Waals surface area contributed by atoms with Crippen LogP contribution in [0.4, 0.5) is 0 Å². The van der Waals surface area contributed by atoms with E-state index in [9.17, 15) is 39.6 Å². The number of aliphatic hydroxyl groups is 2. The fraction of sp³-hybridized carbons (Fsp3) is 0.652. The second kappa shape index (κ2) is 26.4. The highest BCUT2D eigenvalue weighted by Crippen LogP contribution is 2.36. The number of hydrogen-bond acceptors (Lipinski definition) is 6. The third-order valence-corrected chi connectivity index (χ3v) is 11.1. The maximum absolute atomic E-state index is 14.4. The molecule has 0 bridgehead atoms. The van der Waals surface area contributed by atoms with Crippen molar-refractivity contribution in [2.24, 2.45) is 11.8 Å². The molecule has 0 spiro atoms. The van der Waals surface area contributed by atoms with Gasteiger partial charge in [-0.2, -0.15) is 0 Å². The number of carbonyl (C=O) groups excluding carboxylic acids is 2. The van der Waals surface area contributed by atoms with Crippen molar-refractivity contribution in [3.8, 4) is 0 Å². The summed E-state index contributed by atoms with van der Waals surface area (Å²) in [5.41, 5.74) is -6.41. The van der Waals surface area contributed by atoms with Crippen LogP contribution in [0.1, 0.15) is 166 Å². The zero-order valence-corrected chi connectivity index (χ0v) is 33.3. The number of carboxylic acid groups (broad SMARTS) is 2. The Morgan fingerprint density at radius 2 is 0.704 bits per heavy atom. The summed E-state index contributed by atoms with van der Waals surface area (Å²) >= 11 is 0. The molecular formula is C46H70O8. The van der Waals surface area contributed by atoms with Gasteiger partial charge in [0, 0.05) is 11.8 Å². The van der Waals surface area contributed by atoms with Gasteiger partial charge >= 0.3 is 11.9 Å². The first-order valence-electron chi connectivity index (χ1n) is 21.1. The Balaban J connectivity index is 2.29. The summed E-state index contributed by atoms with van der Waals surface area (Å²) in [5.74, 6) is -9.49. The zero-order valence-electron chi connectivity index (χ0n) is 33.3. The van der Waals surface area contributed by atoms with E-state index < -0.39 is 46.5 Å². The highest BCUT2D eigenvalue weighted by molar-refractivity contribution is 6.22. The number of benzene rings is 2. The average molecular weight is 751 g/mol. The number of carbonyl (C=O) groups is 4. The molecule has 0 saturated heterocycles. The number of ketones is 2. The van der Waals surface area contributed by atoms with E-state index in [1.165, 1.54) is 64.2 Å². The van der Waals surface area contributed by atoms with Crippen molar-refractivity contribution in [3.63, 3.8) is 0 Å². The number of hydrogen-bond donors (Lipinski definition) is 4. The summed E-state index contributed by atoms with van der Waals surface area (Å²) in [5, 5.41) is 44.7. The topological polar surface area (TPSA) is 149 Å². The quantitative estimate of drug-likeness (QED) is 0.0416. The Morgan fingerprint density at radius 1 is 0.444 bits per heavy atom. The van der Waals surface area contributed by atoms with Crippen molar-refractivity contribution < 1.29 is 39.6 Å². The second-order valence-electron chi connectivity index (χ2n) is 15.5. The normalized spacial score (nSPS) is 14.8. The van der Waals surface area contributed by atoms with Gasteiger partial charge in [0.2, 0.25) is 0 Å². The third-order valence-electron chi connectivity index (χ3n) is 11.1. The Hall–Kier alpha value is -3.36. The monoisotopic (exact) mass is 751 g/mol. The van der Waals surface area contributed by atoms with Gasteiger partial charge in [0.15, 0.2) is 11.6 Å². The minimum atomic E-state index is -3.90. The van der Waals surface area contributed by atoms with Crippen molar-refractivity contribution >= 4 is 23.5 Å². The van der Waals surface area contributed by atoms with Gasteiger partial charge in [-0.3, -0.25) is 9.59 Å². The van der Waals surface area contributed by atoms with Crippen LogP contribution >= 0.6 is 0 Å². The summed E-state index contributed by atoms with van der Waals surface area (Å²) in [7, 11) is 0. The maximum Gasteiger partial charge on any atom is 0.347 e. The lowest BCUT2D eigenvalue weighted by Gasteiger charge is -2.38. The van der Waals surface area contributed by atoms with E-state index in [2.05, 4.69) is 13.8 Å². The molecule has 0 saturated carbocycles. The van der Waals surface area contributed by atoms with E-state index in [0.717, 1.165) is 51.4 Å². The van der Waals surface area contributed by atoms with Gasteiger partial charge in [-0.15, -0.1) is 0 Å². The second-order valence-corrected chi connectivity index (χ2v) is 15.5. The van der Waals surface area contributed by atoms with E-state index >= 15 is 0 Å². The van der Waals surface area contributed by atoms with E-state index in [1.54, 1.807) is 60.7 Å². The molecule has 8 heteroatoms. The molecule has 2 rings (SSSR count). The van der Waals surface area contributed by atoms with Crippen LogP contribution in [0.2, 0.25) is 0 Å². The standard InChI is InChI=1S/C46H70O8/c1-3-5-7-9-11-13-15-17-19-27-33-39(35-37-29-23-21-24-30-37)41(47)45(53,43(49)50)46(54,44(51)52)42(48)40(36-38-31-25-22-26-32-38)34-28-20-18-16-14-12-10-8-6-4-2/h21-26,29-32,39-40,53-54H,3-20,27-28,33-36H2,1-2H3,(H,49,50)(H,51,52)/t39-,40-,45-,46-/m1/s1. The fourth-order valence-electron chi connectivity index (χ4n) is 7.67. The largest absolute Gasteiger partial charge is 0.479 e. The first-order valence-corrected chi connectivity index (χ1v) is 21.1. The van der Waals surface area contributed by atoms with Gasteiger partial charge < -0.3 is 20.4 Å². The molecule has 0 heterocycles. The van der Waals surface area contributed by atoms with Gasteiger partial charge in [0.25, 0.3) is 11.2 Å². The fourth-order valence-corrected chi connectivity index (χ4v) is 7.67. The van der Waals surface area contributed by atoms with Crippen molar-refractivity contribution in [2.45, 2.75) is 179 Å². The summed E-state index contributed by atoms with van der Waals surface area (Å²) in [4.78, 5) is 54.7. The van der Waals surface area contributed by atoms with Crippen LogP contribution in [0.25, 0.3) is 0 Å². The van der Waals surface area contributed by atoms with Crippen LogP contribution < -0.4 is 0 Å². The molecule has 2 aromatic carbocycles. The van der Waals surface area contributed by atoms with Gasteiger partial charge in [0.1, 0.15) is 0 Å².